The molecule has 1 aliphatic rings. The quantitative estimate of drug-likeness (QED) is 0.334. The second-order valence-electron chi connectivity index (χ2n) is 9.20. The smallest absolute Gasteiger partial charge is 0.312 e. The minimum absolute atomic E-state index is 0.0215. The Balaban J connectivity index is 1.56. The molecule has 0 atom stereocenters. The Kier molecular flexibility index (Phi) is 7.11. The van der Waals surface area contributed by atoms with Gasteiger partial charge in [0.15, 0.2) is 0 Å². The summed E-state index contributed by atoms with van der Waals surface area (Å²) in [6.45, 7) is 1.53. The molecule has 0 spiro atoms. The van der Waals surface area contributed by atoms with E-state index in [0.29, 0.717) is 16.8 Å². The van der Waals surface area contributed by atoms with Crippen LogP contribution in [0.2, 0.25) is 0 Å². The molecule has 0 saturated heterocycles. The van der Waals surface area contributed by atoms with Crippen molar-refractivity contribution in [1.29, 1.82) is 0 Å². The lowest BCUT2D eigenvalue weighted by atomic mass is 9.96. The predicted molar refractivity (Wildman–Crippen MR) is 141 cm³/mol. The first kappa shape index (κ1) is 25.4. The van der Waals surface area contributed by atoms with Crippen molar-refractivity contribution in [2.24, 2.45) is 0 Å². The van der Waals surface area contributed by atoms with Crippen LogP contribution in [0.15, 0.2) is 97.1 Å². The highest BCUT2D eigenvalue weighted by Crippen LogP contribution is 2.33. The number of nitrogens with zero attached hydrogens (tertiary/aromatic N) is 1. The summed E-state index contributed by atoms with van der Waals surface area (Å²) in [5.41, 5.74) is 3.80. The molecule has 0 radical (unpaired) electrons. The van der Waals surface area contributed by atoms with E-state index in [9.17, 15) is 22.8 Å². The molecule has 1 aliphatic heterocycles. The molecule has 4 aromatic carbocycles. The first-order valence-corrected chi connectivity index (χ1v) is 12.3. The molecule has 38 heavy (non-hydrogen) atoms. The fourth-order valence-electron chi connectivity index (χ4n) is 4.71. The van der Waals surface area contributed by atoms with E-state index >= 15 is 0 Å². The van der Waals surface area contributed by atoms with E-state index in [1.807, 2.05) is 42.5 Å². The van der Waals surface area contributed by atoms with Gasteiger partial charge in [0.25, 0.3) is 5.91 Å². The molecule has 0 bridgehead atoms. The fourth-order valence-corrected chi connectivity index (χ4v) is 4.71. The van der Waals surface area contributed by atoms with Crippen LogP contribution >= 0.6 is 0 Å². The van der Waals surface area contributed by atoms with Gasteiger partial charge < -0.3 is 5.32 Å². The molecule has 7 heteroatoms. The maximum absolute atomic E-state index is 14.1. The third kappa shape index (κ3) is 5.38. The summed E-state index contributed by atoms with van der Waals surface area (Å²) in [6, 6.07) is 26.1. The SMILES string of the molecule is O=C(Cc1ccccc1)N(C(=O)c1ccccc1-c1ccc(C(F)(F)F)cc1)c1ccc2c(c1)CCNC2. The highest BCUT2D eigenvalue weighted by Gasteiger charge is 2.31. The fraction of sp³-hybridized carbons (Fsp3) is 0.161. The van der Waals surface area contributed by atoms with Gasteiger partial charge in [-0.05, 0) is 71.1 Å². The van der Waals surface area contributed by atoms with Crippen LogP contribution in [0.4, 0.5) is 18.9 Å². The van der Waals surface area contributed by atoms with Gasteiger partial charge >= 0.3 is 6.18 Å². The normalized spacial score (nSPS) is 13.0. The van der Waals surface area contributed by atoms with Gasteiger partial charge in [-0.15, -0.1) is 0 Å². The van der Waals surface area contributed by atoms with E-state index in [0.717, 1.165) is 48.3 Å². The van der Waals surface area contributed by atoms with Gasteiger partial charge in [0, 0.05) is 12.1 Å². The van der Waals surface area contributed by atoms with Crippen LogP contribution in [0.5, 0.6) is 0 Å². The molecule has 0 saturated carbocycles. The second kappa shape index (κ2) is 10.6. The summed E-state index contributed by atoms with van der Waals surface area (Å²) >= 11 is 0. The number of amides is 2. The van der Waals surface area contributed by atoms with Gasteiger partial charge in [-0.3, -0.25) is 9.59 Å². The van der Waals surface area contributed by atoms with Crippen LogP contribution < -0.4 is 10.2 Å². The largest absolute Gasteiger partial charge is 0.416 e. The molecule has 0 aliphatic carbocycles. The monoisotopic (exact) mass is 514 g/mol. The molecule has 1 heterocycles. The van der Waals surface area contributed by atoms with E-state index in [1.165, 1.54) is 17.0 Å². The van der Waals surface area contributed by atoms with E-state index in [2.05, 4.69) is 5.32 Å². The van der Waals surface area contributed by atoms with Crippen molar-refractivity contribution in [3.63, 3.8) is 0 Å². The first-order valence-electron chi connectivity index (χ1n) is 12.3. The van der Waals surface area contributed by atoms with Crippen molar-refractivity contribution in [3.05, 3.63) is 125 Å². The van der Waals surface area contributed by atoms with Gasteiger partial charge in [-0.2, -0.15) is 13.2 Å². The minimum atomic E-state index is -4.46. The van der Waals surface area contributed by atoms with Gasteiger partial charge in [0.1, 0.15) is 0 Å². The molecule has 0 unspecified atom stereocenters. The van der Waals surface area contributed by atoms with Gasteiger partial charge in [-0.25, -0.2) is 4.90 Å². The average Bonchev–Trinajstić information content (AvgIpc) is 2.93. The van der Waals surface area contributed by atoms with Crippen molar-refractivity contribution >= 4 is 17.5 Å². The van der Waals surface area contributed by atoms with E-state index in [4.69, 9.17) is 0 Å². The Morgan fingerprint density at radius 3 is 2.26 bits per heavy atom. The molecule has 4 nitrogen and oxygen atoms in total. The van der Waals surface area contributed by atoms with Gasteiger partial charge in [0.05, 0.1) is 17.7 Å². The van der Waals surface area contributed by atoms with Crippen LogP contribution in [-0.2, 0) is 30.4 Å². The maximum atomic E-state index is 14.1. The average molecular weight is 515 g/mol. The van der Waals surface area contributed by atoms with Gasteiger partial charge in [0.2, 0.25) is 5.91 Å². The third-order valence-corrected chi connectivity index (χ3v) is 6.67. The Labute approximate surface area is 218 Å². The van der Waals surface area contributed by atoms with Crippen molar-refractivity contribution in [1.82, 2.24) is 5.32 Å². The number of hydrogen-bond donors (Lipinski definition) is 1. The van der Waals surface area contributed by atoms with E-state index < -0.39 is 23.6 Å². The van der Waals surface area contributed by atoms with Crippen LogP contribution in [-0.4, -0.2) is 18.4 Å². The molecule has 0 aromatic heterocycles. The number of anilines is 1. The third-order valence-electron chi connectivity index (χ3n) is 6.67. The molecule has 5 rings (SSSR count). The number of hydrogen-bond acceptors (Lipinski definition) is 3. The number of benzene rings is 4. The number of halogens is 3. The number of fused-ring (bicyclic) bond motifs is 1. The highest BCUT2D eigenvalue weighted by molar-refractivity contribution is 6.23. The molecule has 1 N–H and O–H groups in total. The number of carbonyl (C=O) groups excluding carboxylic acids is 2. The zero-order valence-corrected chi connectivity index (χ0v) is 20.5. The molecule has 0 fully saturated rings. The maximum Gasteiger partial charge on any atom is 0.416 e. The minimum Gasteiger partial charge on any atom is -0.312 e. The van der Waals surface area contributed by atoms with Crippen molar-refractivity contribution in [3.8, 4) is 11.1 Å². The first-order chi connectivity index (χ1) is 18.3. The number of imide groups is 1. The van der Waals surface area contributed by atoms with Crippen LogP contribution in [0.25, 0.3) is 11.1 Å². The Morgan fingerprint density at radius 2 is 1.53 bits per heavy atom. The summed E-state index contributed by atoms with van der Waals surface area (Å²) < 4.78 is 39.3. The predicted octanol–water partition coefficient (Wildman–Crippen LogP) is 6.43. The van der Waals surface area contributed by atoms with Crippen LogP contribution in [0.3, 0.4) is 0 Å². The second-order valence-corrected chi connectivity index (χ2v) is 9.20. The zero-order chi connectivity index (χ0) is 26.7. The number of carbonyl (C=O) groups is 2. The molecule has 192 valence electrons. The summed E-state index contributed by atoms with van der Waals surface area (Å²) in [4.78, 5) is 28.9. The molecular formula is C31H25F3N2O2. The summed E-state index contributed by atoms with van der Waals surface area (Å²) in [6.07, 6.45) is -3.66. The zero-order valence-electron chi connectivity index (χ0n) is 20.5. The highest BCUT2D eigenvalue weighted by atomic mass is 19.4. The molecular weight excluding hydrogens is 489 g/mol. The number of rotatable bonds is 5. The van der Waals surface area contributed by atoms with E-state index in [1.54, 1.807) is 30.3 Å². The molecule has 4 aromatic rings. The van der Waals surface area contributed by atoms with Crippen molar-refractivity contribution < 1.29 is 22.8 Å². The van der Waals surface area contributed by atoms with Crippen molar-refractivity contribution in [2.45, 2.75) is 25.6 Å². The number of alkyl halides is 3. The Bertz CT molecular complexity index is 1460. The summed E-state index contributed by atoms with van der Waals surface area (Å²) in [7, 11) is 0. The lowest BCUT2D eigenvalue weighted by molar-refractivity contribution is -0.137. The van der Waals surface area contributed by atoms with E-state index in [-0.39, 0.29) is 12.0 Å². The Hall–Kier alpha value is -4.23. The number of nitrogens with one attached hydrogen (secondary N) is 1. The lowest BCUT2D eigenvalue weighted by Gasteiger charge is -2.25. The van der Waals surface area contributed by atoms with Gasteiger partial charge in [-0.1, -0.05) is 66.7 Å². The topological polar surface area (TPSA) is 49.4 Å². The van der Waals surface area contributed by atoms with Crippen LogP contribution in [0.1, 0.15) is 32.6 Å². The summed E-state index contributed by atoms with van der Waals surface area (Å²) in [5.74, 6) is -0.923. The Morgan fingerprint density at radius 1 is 0.816 bits per heavy atom. The van der Waals surface area contributed by atoms with Crippen molar-refractivity contribution in [2.75, 3.05) is 11.4 Å². The lowest BCUT2D eigenvalue weighted by Crippen LogP contribution is -2.38. The molecule has 2 amide bonds. The summed E-state index contributed by atoms with van der Waals surface area (Å²) in [5, 5.41) is 3.31. The standard InChI is InChI=1S/C31H25F3N2O2/c32-31(33,34)25-13-10-22(11-14-25)27-8-4-5-9-28(27)30(38)36(29(37)18-21-6-2-1-3-7-21)26-15-12-24-20-35-17-16-23(24)19-26/h1-15,19,35H,16-18,20H2. The van der Waals surface area contributed by atoms with Crippen LogP contribution in [0, 0.1) is 0 Å².